The van der Waals surface area contributed by atoms with E-state index in [2.05, 4.69) is 4.98 Å². The summed E-state index contributed by atoms with van der Waals surface area (Å²) < 4.78 is 0. The minimum absolute atomic E-state index is 0. The van der Waals surface area contributed by atoms with E-state index < -0.39 is 0 Å². The summed E-state index contributed by atoms with van der Waals surface area (Å²) in [6.45, 7) is 3.22. The smallest absolute Gasteiger partial charge is 0.239 e. The number of rotatable bonds is 6. The fourth-order valence-corrected chi connectivity index (χ4v) is 3.15. The maximum atomic E-state index is 12.5. The molecule has 1 unspecified atom stereocenters. The second-order valence-electron chi connectivity index (χ2n) is 6.02. The number of hydrogen-bond donors (Lipinski definition) is 1. The molecule has 0 aromatic carbocycles. The summed E-state index contributed by atoms with van der Waals surface area (Å²) in [7, 11) is 0. The zero-order valence-electron chi connectivity index (χ0n) is 13.4. The fourth-order valence-electron chi connectivity index (χ4n) is 3.15. The fraction of sp³-hybridized carbons (Fsp3) is 0.647. The minimum Gasteiger partial charge on any atom is -0.336 e. The van der Waals surface area contributed by atoms with Gasteiger partial charge in [0.15, 0.2) is 0 Å². The predicted octanol–water partition coefficient (Wildman–Crippen LogP) is 3.15. The van der Waals surface area contributed by atoms with Gasteiger partial charge in [-0.15, -0.1) is 12.4 Å². The Bertz CT molecular complexity index is 435. The largest absolute Gasteiger partial charge is 0.336 e. The van der Waals surface area contributed by atoms with E-state index in [4.69, 9.17) is 5.73 Å². The highest BCUT2D eigenvalue weighted by molar-refractivity contribution is 5.85. The van der Waals surface area contributed by atoms with Gasteiger partial charge in [0.2, 0.25) is 5.91 Å². The van der Waals surface area contributed by atoms with Crippen molar-refractivity contribution in [1.82, 2.24) is 9.88 Å². The van der Waals surface area contributed by atoms with Crippen LogP contribution in [-0.4, -0.2) is 28.4 Å². The third kappa shape index (κ3) is 5.58. The van der Waals surface area contributed by atoms with Gasteiger partial charge in [-0.2, -0.15) is 0 Å². The Balaban J connectivity index is 0.00000242. The number of hydrogen-bond acceptors (Lipinski definition) is 3. The molecule has 1 aromatic heterocycles. The highest BCUT2D eigenvalue weighted by atomic mass is 35.5. The lowest BCUT2D eigenvalue weighted by atomic mass is 9.85. The van der Waals surface area contributed by atoms with Crippen LogP contribution in [0.15, 0.2) is 24.4 Å². The van der Waals surface area contributed by atoms with Crippen LogP contribution >= 0.6 is 12.4 Å². The molecule has 0 bridgehead atoms. The lowest BCUT2D eigenvalue weighted by Crippen LogP contribution is -2.44. The van der Waals surface area contributed by atoms with Crippen molar-refractivity contribution in [2.45, 2.75) is 58.0 Å². The van der Waals surface area contributed by atoms with Crippen LogP contribution in [0.4, 0.5) is 0 Å². The van der Waals surface area contributed by atoms with Crippen LogP contribution in [0, 0.1) is 5.92 Å². The SMILES string of the molecule is CCN(Cc1ccccn1)C(=O)C(N)CC1CCCCC1.Cl. The first-order valence-electron chi connectivity index (χ1n) is 8.15. The third-order valence-corrected chi connectivity index (χ3v) is 4.40. The molecule has 0 spiro atoms. The molecule has 22 heavy (non-hydrogen) atoms. The van der Waals surface area contributed by atoms with Crippen molar-refractivity contribution in [3.05, 3.63) is 30.1 Å². The van der Waals surface area contributed by atoms with Crippen molar-refractivity contribution in [3.8, 4) is 0 Å². The number of aromatic nitrogens is 1. The normalized spacial score (nSPS) is 16.6. The lowest BCUT2D eigenvalue weighted by molar-refractivity contribution is -0.133. The Morgan fingerprint density at radius 3 is 2.68 bits per heavy atom. The summed E-state index contributed by atoms with van der Waals surface area (Å²) in [5.74, 6) is 0.694. The van der Waals surface area contributed by atoms with Crippen LogP contribution < -0.4 is 5.73 Å². The maximum Gasteiger partial charge on any atom is 0.239 e. The summed E-state index contributed by atoms with van der Waals surface area (Å²) in [4.78, 5) is 18.6. The van der Waals surface area contributed by atoms with Crippen molar-refractivity contribution in [2.75, 3.05) is 6.54 Å². The Kier molecular flexibility index (Phi) is 8.43. The van der Waals surface area contributed by atoms with Gasteiger partial charge in [-0.3, -0.25) is 9.78 Å². The van der Waals surface area contributed by atoms with Gasteiger partial charge in [0.05, 0.1) is 18.3 Å². The molecular weight excluding hydrogens is 298 g/mol. The van der Waals surface area contributed by atoms with Crippen molar-refractivity contribution in [2.24, 2.45) is 11.7 Å². The highest BCUT2D eigenvalue weighted by Crippen LogP contribution is 2.27. The number of likely N-dealkylation sites (N-methyl/N-ethyl adjacent to an activating group) is 1. The number of halogens is 1. The molecule has 0 saturated heterocycles. The Morgan fingerprint density at radius 1 is 1.36 bits per heavy atom. The number of nitrogens with zero attached hydrogens (tertiary/aromatic N) is 2. The van der Waals surface area contributed by atoms with Crippen LogP contribution in [0.25, 0.3) is 0 Å². The van der Waals surface area contributed by atoms with Gasteiger partial charge in [-0.25, -0.2) is 0 Å². The zero-order valence-corrected chi connectivity index (χ0v) is 14.2. The van der Waals surface area contributed by atoms with Gasteiger partial charge in [-0.1, -0.05) is 38.2 Å². The summed E-state index contributed by atoms with van der Waals surface area (Å²) in [6.07, 6.45) is 8.96. The second-order valence-corrected chi connectivity index (χ2v) is 6.02. The summed E-state index contributed by atoms with van der Waals surface area (Å²) in [5.41, 5.74) is 7.08. The van der Waals surface area contributed by atoms with E-state index >= 15 is 0 Å². The quantitative estimate of drug-likeness (QED) is 0.874. The molecular formula is C17H28ClN3O. The Morgan fingerprint density at radius 2 is 2.09 bits per heavy atom. The lowest BCUT2D eigenvalue weighted by Gasteiger charge is -2.28. The van der Waals surface area contributed by atoms with Crippen LogP contribution in [0.5, 0.6) is 0 Å². The standard InChI is InChI=1S/C17H27N3O.ClH/c1-2-20(13-15-10-6-7-11-19-15)17(21)16(18)12-14-8-4-3-5-9-14;/h6-7,10-11,14,16H,2-5,8-9,12-13,18H2,1H3;1H. The molecule has 124 valence electrons. The summed E-state index contributed by atoms with van der Waals surface area (Å²) in [6, 6.07) is 5.42. The van der Waals surface area contributed by atoms with Gasteiger partial charge < -0.3 is 10.6 Å². The molecule has 1 aromatic rings. The van der Waals surface area contributed by atoms with Gasteiger partial charge in [0.25, 0.3) is 0 Å². The molecule has 1 fully saturated rings. The third-order valence-electron chi connectivity index (χ3n) is 4.40. The van der Waals surface area contributed by atoms with Crippen LogP contribution in [-0.2, 0) is 11.3 Å². The summed E-state index contributed by atoms with van der Waals surface area (Å²) >= 11 is 0. The molecule has 1 heterocycles. The van der Waals surface area contributed by atoms with Crippen molar-refractivity contribution in [3.63, 3.8) is 0 Å². The Hall–Kier alpha value is -1.13. The first-order chi connectivity index (χ1) is 10.2. The van der Waals surface area contributed by atoms with E-state index in [9.17, 15) is 4.79 Å². The number of carbonyl (C=O) groups is 1. The van der Waals surface area contributed by atoms with Gasteiger partial charge in [0.1, 0.15) is 0 Å². The van der Waals surface area contributed by atoms with E-state index in [1.807, 2.05) is 30.0 Å². The second kappa shape index (κ2) is 9.80. The average molecular weight is 326 g/mol. The molecule has 0 radical (unpaired) electrons. The van der Waals surface area contributed by atoms with Gasteiger partial charge >= 0.3 is 0 Å². The zero-order chi connectivity index (χ0) is 15.1. The number of nitrogens with two attached hydrogens (primary N) is 1. The van der Waals surface area contributed by atoms with E-state index in [0.29, 0.717) is 19.0 Å². The highest BCUT2D eigenvalue weighted by Gasteiger charge is 2.24. The molecule has 2 N–H and O–H groups in total. The van der Waals surface area contributed by atoms with Crippen molar-refractivity contribution < 1.29 is 4.79 Å². The predicted molar refractivity (Wildman–Crippen MR) is 91.7 cm³/mol. The molecule has 0 aliphatic heterocycles. The molecule has 2 rings (SSSR count). The van der Waals surface area contributed by atoms with Crippen LogP contribution in [0.2, 0.25) is 0 Å². The first kappa shape index (κ1) is 18.9. The van der Waals surface area contributed by atoms with Gasteiger partial charge in [0, 0.05) is 12.7 Å². The van der Waals surface area contributed by atoms with E-state index in [0.717, 1.165) is 12.1 Å². The van der Waals surface area contributed by atoms with Crippen molar-refractivity contribution >= 4 is 18.3 Å². The van der Waals surface area contributed by atoms with Gasteiger partial charge in [-0.05, 0) is 31.4 Å². The number of pyridine rings is 1. The molecule has 1 amide bonds. The monoisotopic (exact) mass is 325 g/mol. The van der Waals surface area contributed by atoms with E-state index in [-0.39, 0.29) is 24.4 Å². The first-order valence-corrected chi connectivity index (χ1v) is 8.15. The molecule has 1 aliphatic rings. The maximum absolute atomic E-state index is 12.5. The van der Waals surface area contributed by atoms with Crippen molar-refractivity contribution in [1.29, 1.82) is 0 Å². The summed E-state index contributed by atoms with van der Waals surface area (Å²) in [5, 5.41) is 0. The minimum atomic E-state index is -0.364. The molecule has 1 atom stereocenters. The Labute approximate surface area is 139 Å². The topological polar surface area (TPSA) is 59.2 Å². The van der Waals surface area contributed by atoms with E-state index in [1.54, 1.807) is 6.20 Å². The number of amides is 1. The van der Waals surface area contributed by atoms with Crippen LogP contribution in [0.1, 0.15) is 51.1 Å². The molecule has 4 nitrogen and oxygen atoms in total. The molecule has 1 saturated carbocycles. The molecule has 1 aliphatic carbocycles. The average Bonchev–Trinajstić information content (AvgIpc) is 2.54. The van der Waals surface area contributed by atoms with Crippen LogP contribution in [0.3, 0.4) is 0 Å². The molecule has 5 heteroatoms. The van der Waals surface area contributed by atoms with E-state index in [1.165, 1.54) is 32.1 Å². The number of carbonyl (C=O) groups excluding carboxylic acids is 1.